The molecule has 126 valence electrons. The molecule has 4 rings (SSSR count). The van der Waals surface area contributed by atoms with Crippen molar-refractivity contribution in [2.45, 2.75) is 31.7 Å². The number of rotatable bonds is 4. The Labute approximate surface area is 143 Å². The summed E-state index contributed by atoms with van der Waals surface area (Å²) in [5.41, 5.74) is 1.33. The zero-order valence-electron chi connectivity index (χ0n) is 14.1. The molecule has 2 aliphatic heterocycles. The first-order chi connectivity index (χ1) is 11.9. The molecule has 0 atom stereocenters. The Kier molecular flexibility index (Phi) is 4.49. The molecule has 0 saturated carbocycles. The lowest BCUT2D eigenvalue weighted by molar-refractivity contribution is 0.525. The number of hydrogen-bond acceptors (Lipinski definition) is 5. The number of nitrogens with zero attached hydrogens (tertiary/aromatic N) is 4. The van der Waals surface area contributed by atoms with Crippen LogP contribution in [0.5, 0.6) is 0 Å². The van der Waals surface area contributed by atoms with E-state index < -0.39 is 0 Å². The van der Waals surface area contributed by atoms with Crippen molar-refractivity contribution in [2.24, 2.45) is 0 Å². The van der Waals surface area contributed by atoms with Gasteiger partial charge in [0.15, 0.2) is 0 Å². The normalized spacial score (nSPS) is 18.8. The number of para-hydroxylation sites is 1. The van der Waals surface area contributed by atoms with Gasteiger partial charge in [-0.2, -0.15) is 0 Å². The average Bonchev–Trinajstić information content (AvgIpc) is 3.18. The molecular formula is C19H25N5. The lowest BCUT2D eigenvalue weighted by Gasteiger charge is -2.34. The largest absolute Gasteiger partial charge is 0.371 e. The monoisotopic (exact) mass is 323 g/mol. The molecule has 0 radical (unpaired) electrons. The molecule has 5 heteroatoms. The maximum absolute atomic E-state index is 4.43. The summed E-state index contributed by atoms with van der Waals surface area (Å²) in [4.78, 5) is 13.7. The van der Waals surface area contributed by atoms with E-state index >= 15 is 0 Å². The maximum Gasteiger partial charge on any atom is 0.134 e. The van der Waals surface area contributed by atoms with Crippen LogP contribution < -0.4 is 15.1 Å². The van der Waals surface area contributed by atoms with Gasteiger partial charge in [-0.05, 0) is 37.8 Å². The first-order valence-electron chi connectivity index (χ1n) is 9.02. The van der Waals surface area contributed by atoms with Crippen LogP contribution in [0, 0.1) is 0 Å². The van der Waals surface area contributed by atoms with Gasteiger partial charge in [0.25, 0.3) is 0 Å². The van der Waals surface area contributed by atoms with Gasteiger partial charge in [-0.1, -0.05) is 18.2 Å². The van der Waals surface area contributed by atoms with Crippen molar-refractivity contribution in [1.29, 1.82) is 0 Å². The van der Waals surface area contributed by atoms with E-state index in [-0.39, 0.29) is 0 Å². The zero-order chi connectivity index (χ0) is 16.2. The smallest absolute Gasteiger partial charge is 0.134 e. The molecule has 1 aromatic heterocycles. The van der Waals surface area contributed by atoms with Gasteiger partial charge in [-0.15, -0.1) is 0 Å². The fourth-order valence-corrected chi connectivity index (χ4v) is 3.68. The molecule has 3 heterocycles. The highest BCUT2D eigenvalue weighted by atomic mass is 15.2. The first-order valence-corrected chi connectivity index (χ1v) is 9.02. The van der Waals surface area contributed by atoms with Crippen LogP contribution in [0.25, 0.3) is 0 Å². The summed E-state index contributed by atoms with van der Waals surface area (Å²) < 4.78 is 0. The Morgan fingerprint density at radius 3 is 2.38 bits per heavy atom. The molecule has 0 bridgehead atoms. The molecule has 1 N–H and O–H groups in total. The molecule has 2 aliphatic rings. The molecule has 1 aromatic carbocycles. The van der Waals surface area contributed by atoms with Crippen molar-refractivity contribution in [2.75, 3.05) is 41.3 Å². The number of piperidine rings is 1. The van der Waals surface area contributed by atoms with Gasteiger partial charge in [0.1, 0.15) is 18.0 Å². The maximum atomic E-state index is 4.43. The Bertz CT molecular complexity index is 646. The molecule has 0 aliphatic carbocycles. The summed E-state index contributed by atoms with van der Waals surface area (Å²) in [6.45, 7) is 4.41. The number of anilines is 3. The molecule has 2 saturated heterocycles. The van der Waals surface area contributed by atoms with Crippen molar-refractivity contribution in [3.63, 3.8) is 0 Å². The van der Waals surface area contributed by atoms with E-state index in [1.807, 2.05) is 0 Å². The minimum Gasteiger partial charge on any atom is -0.371 e. The van der Waals surface area contributed by atoms with Crippen molar-refractivity contribution < 1.29 is 0 Å². The van der Waals surface area contributed by atoms with Crippen LogP contribution in [-0.2, 0) is 0 Å². The highest BCUT2D eigenvalue weighted by Gasteiger charge is 2.20. The van der Waals surface area contributed by atoms with E-state index in [2.05, 4.69) is 61.5 Å². The predicted molar refractivity (Wildman–Crippen MR) is 98.8 cm³/mol. The van der Waals surface area contributed by atoms with E-state index in [1.165, 1.54) is 18.5 Å². The van der Waals surface area contributed by atoms with E-state index in [0.717, 1.165) is 50.7 Å². The van der Waals surface area contributed by atoms with Crippen molar-refractivity contribution >= 4 is 17.3 Å². The molecule has 24 heavy (non-hydrogen) atoms. The van der Waals surface area contributed by atoms with E-state index in [9.17, 15) is 0 Å². The Morgan fingerprint density at radius 2 is 1.62 bits per heavy atom. The van der Waals surface area contributed by atoms with E-state index in [4.69, 9.17) is 0 Å². The van der Waals surface area contributed by atoms with Crippen LogP contribution in [-0.4, -0.2) is 42.2 Å². The fraction of sp³-hybridized carbons (Fsp3) is 0.474. The van der Waals surface area contributed by atoms with Crippen LogP contribution in [0.1, 0.15) is 25.7 Å². The SMILES string of the molecule is c1ccc(N2CCC(Nc3cc(N4CCCC4)ncn3)CC2)cc1. The second kappa shape index (κ2) is 7.07. The molecule has 2 fully saturated rings. The summed E-state index contributed by atoms with van der Waals surface area (Å²) in [6.07, 6.45) is 6.50. The molecule has 0 spiro atoms. The summed E-state index contributed by atoms with van der Waals surface area (Å²) in [5, 5.41) is 3.61. The van der Waals surface area contributed by atoms with Crippen molar-refractivity contribution in [3.8, 4) is 0 Å². The molecule has 0 amide bonds. The fourth-order valence-electron chi connectivity index (χ4n) is 3.68. The summed E-state index contributed by atoms with van der Waals surface area (Å²) in [5.74, 6) is 2.02. The van der Waals surface area contributed by atoms with Crippen LogP contribution in [0.2, 0.25) is 0 Å². The topological polar surface area (TPSA) is 44.3 Å². The quantitative estimate of drug-likeness (QED) is 0.936. The van der Waals surface area contributed by atoms with E-state index in [0.29, 0.717) is 6.04 Å². The second-order valence-corrected chi connectivity index (χ2v) is 6.70. The van der Waals surface area contributed by atoms with Gasteiger partial charge >= 0.3 is 0 Å². The van der Waals surface area contributed by atoms with Gasteiger partial charge in [0, 0.05) is 44.0 Å². The minimum absolute atomic E-state index is 0.492. The zero-order valence-corrected chi connectivity index (χ0v) is 14.1. The minimum atomic E-state index is 0.492. The van der Waals surface area contributed by atoms with Gasteiger partial charge in [-0.25, -0.2) is 9.97 Å². The lowest BCUT2D eigenvalue weighted by Crippen LogP contribution is -2.39. The van der Waals surface area contributed by atoms with Crippen LogP contribution >= 0.6 is 0 Å². The van der Waals surface area contributed by atoms with Gasteiger partial charge in [-0.3, -0.25) is 0 Å². The van der Waals surface area contributed by atoms with Crippen LogP contribution in [0.4, 0.5) is 17.3 Å². The van der Waals surface area contributed by atoms with Crippen molar-refractivity contribution in [3.05, 3.63) is 42.7 Å². The molecule has 2 aromatic rings. The van der Waals surface area contributed by atoms with Gasteiger partial charge in [0.2, 0.25) is 0 Å². The summed E-state index contributed by atoms with van der Waals surface area (Å²) >= 11 is 0. The number of hydrogen-bond donors (Lipinski definition) is 1. The number of aromatic nitrogens is 2. The Hall–Kier alpha value is -2.30. The standard InChI is InChI=1S/C19H25N5/c1-2-6-17(7-3-1)23-12-8-16(9-13-23)22-18-14-19(21-15-20-18)24-10-4-5-11-24/h1-3,6-7,14-16H,4-5,8-13H2,(H,20,21,22). The Morgan fingerprint density at radius 1 is 0.875 bits per heavy atom. The average molecular weight is 323 g/mol. The van der Waals surface area contributed by atoms with Crippen LogP contribution in [0.3, 0.4) is 0 Å². The highest BCUT2D eigenvalue weighted by molar-refractivity contribution is 5.50. The van der Waals surface area contributed by atoms with E-state index in [1.54, 1.807) is 6.33 Å². The number of nitrogens with one attached hydrogen (secondary N) is 1. The first kappa shape index (κ1) is 15.2. The summed E-state index contributed by atoms with van der Waals surface area (Å²) in [6, 6.07) is 13.3. The molecule has 0 unspecified atom stereocenters. The molecular weight excluding hydrogens is 298 g/mol. The third-order valence-corrected chi connectivity index (χ3v) is 5.05. The highest BCUT2D eigenvalue weighted by Crippen LogP contribution is 2.23. The van der Waals surface area contributed by atoms with Crippen LogP contribution in [0.15, 0.2) is 42.7 Å². The number of benzene rings is 1. The lowest BCUT2D eigenvalue weighted by atomic mass is 10.0. The van der Waals surface area contributed by atoms with Gasteiger partial charge in [0.05, 0.1) is 0 Å². The third-order valence-electron chi connectivity index (χ3n) is 5.05. The second-order valence-electron chi connectivity index (χ2n) is 6.70. The summed E-state index contributed by atoms with van der Waals surface area (Å²) in [7, 11) is 0. The predicted octanol–water partition coefficient (Wildman–Crippen LogP) is 3.16. The Balaban J connectivity index is 1.34. The molecule has 5 nitrogen and oxygen atoms in total. The van der Waals surface area contributed by atoms with Crippen molar-refractivity contribution in [1.82, 2.24) is 9.97 Å². The van der Waals surface area contributed by atoms with Gasteiger partial charge < -0.3 is 15.1 Å². The third kappa shape index (κ3) is 3.45.